The van der Waals surface area contributed by atoms with Gasteiger partial charge in [0.15, 0.2) is 0 Å². The monoisotopic (exact) mass is 484 g/mol. The van der Waals surface area contributed by atoms with Gasteiger partial charge in [0.2, 0.25) is 5.91 Å². The standard InChI is InChI=1S/C25H41ClN2O5/c1-19(2)10-15-33-24-17-28(20(3)29)13-12-27(16-21-6-8-22(26)9-7-21)11-4-5-14-32-18-23(30)25(24)31/h6-9,19,23-25,30-31H,4-5,10-18H2,1-3H3/t23-,24-,25-/m1/s1. The van der Waals surface area contributed by atoms with Crippen molar-refractivity contribution in [3.05, 3.63) is 34.9 Å². The molecule has 1 amide bonds. The molecule has 2 rings (SSSR count). The molecule has 0 saturated carbocycles. The van der Waals surface area contributed by atoms with Crippen molar-refractivity contribution >= 4 is 17.5 Å². The van der Waals surface area contributed by atoms with Gasteiger partial charge < -0.3 is 24.6 Å². The molecule has 1 heterocycles. The Balaban J connectivity index is 2.11. The van der Waals surface area contributed by atoms with Crippen LogP contribution in [0.25, 0.3) is 0 Å². The van der Waals surface area contributed by atoms with Crippen LogP contribution in [0.5, 0.6) is 0 Å². The van der Waals surface area contributed by atoms with E-state index in [0.717, 1.165) is 32.4 Å². The van der Waals surface area contributed by atoms with Gasteiger partial charge in [0, 0.05) is 51.3 Å². The van der Waals surface area contributed by atoms with Crippen LogP contribution < -0.4 is 0 Å². The van der Waals surface area contributed by atoms with Crippen LogP contribution in [-0.2, 0) is 20.8 Å². The van der Waals surface area contributed by atoms with E-state index in [0.29, 0.717) is 37.2 Å². The van der Waals surface area contributed by atoms with E-state index >= 15 is 0 Å². The van der Waals surface area contributed by atoms with Gasteiger partial charge in [-0.1, -0.05) is 37.6 Å². The molecule has 0 unspecified atom stereocenters. The van der Waals surface area contributed by atoms with Gasteiger partial charge in [0.25, 0.3) is 0 Å². The SMILES string of the molecule is CC(=O)N1CCN(Cc2ccc(Cl)cc2)CCCCOC[C@@H](O)[C@@H](O)[C@H](OCCC(C)C)C1. The predicted molar refractivity (Wildman–Crippen MR) is 130 cm³/mol. The summed E-state index contributed by atoms with van der Waals surface area (Å²) >= 11 is 6.03. The van der Waals surface area contributed by atoms with Gasteiger partial charge in [0.05, 0.1) is 6.61 Å². The minimum atomic E-state index is -1.13. The Bertz CT molecular complexity index is 688. The summed E-state index contributed by atoms with van der Waals surface area (Å²) in [7, 11) is 0. The summed E-state index contributed by atoms with van der Waals surface area (Å²) in [5.74, 6) is 0.378. The smallest absolute Gasteiger partial charge is 0.219 e. The summed E-state index contributed by atoms with van der Waals surface area (Å²) in [6.07, 6.45) is -0.249. The first-order valence-corrected chi connectivity index (χ1v) is 12.4. The molecule has 7 nitrogen and oxygen atoms in total. The zero-order valence-corrected chi connectivity index (χ0v) is 21.0. The zero-order valence-electron chi connectivity index (χ0n) is 20.3. The number of hydrogen-bond acceptors (Lipinski definition) is 6. The first-order chi connectivity index (χ1) is 15.8. The van der Waals surface area contributed by atoms with Crippen molar-refractivity contribution in [2.45, 2.75) is 64.9 Å². The molecule has 1 aliphatic heterocycles. The molecule has 1 aromatic carbocycles. The van der Waals surface area contributed by atoms with E-state index in [-0.39, 0.29) is 19.1 Å². The maximum Gasteiger partial charge on any atom is 0.219 e. The molecular weight excluding hydrogens is 444 g/mol. The van der Waals surface area contributed by atoms with Crippen LogP contribution in [0.1, 0.15) is 45.6 Å². The van der Waals surface area contributed by atoms with Crippen LogP contribution in [0.15, 0.2) is 24.3 Å². The lowest BCUT2D eigenvalue weighted by molar-refractivity contribution is -0.140. The lowest BCUT2D eigenvalue weighted by Gasteiger charge is -2.33. The highest BCUT2D eigenvalue weighted by atomic mass is 35.5. The number of carbonyl (C=O) groups is 1. The van der Waals surface area contributed by atoms with Crippen molar-refractivity contribution in [3.63, 3.8) is 0 Å². The fourth-order valence-corrected chi connectivity index (χ4v) is 3.90. The Morgan fingerprint density at radius 1 is 1.18 bits per heavy atom. The second-order valence-corrected chi connectivity index (χ2v) is 9.74. The maximum absolute atomic E-state index is 12.4. The molecule has 0 spiro atoms. The molecule has 188 valence electrons. The van der Waals surface area contributed by atoms with Crippen molar-refractivity contribution in [2.24, 2.45) is 5.92 Å². The van der Waals surface area contributed by atoms with Crippen LogP contribution in [0.2, 0.25) is 5.02 Å². The molecule has 1 aliphatic rings. The van der Waals surface area contributed by atoms with Crippen molar-refractivity contribution in [2.75, 3.05) is 46.0 Å². The first kappa shape index (κ1) is 28.0. The third-order valence-corrected chi connectivity index (χ3v) is 6.21. The molecule has 0 aliphatic carbocycles. The van der Waals surface area contributed by atoms with Gasteiger partial charge in [-0.05, 0) is 49.4 Å². The number of carbonyl (C=O) groups excluding carboxylic acids is 1. The summed E-state index contributed by atoms with van der Waals surface area (Å²) in [4.78, 5) is 16.5. The van der Waals surface area contributed by atoms with Crippen molar-refractivity contribution in [1.82, 2.24) is 9.80 Å². The molecule has 0 bridgehead atoms. The molecule has 3 atom stereocenters. The lowest BCUT2D eigenvalue weighted by Crippen LogP contribution is -2.50. The highest BCUT2D eigenvalue weighted by molar-refractivity contribution is 6.30. The molecule has 1 aromatic rings. The highest BCUT2D eigenvalue weighted by Crippen LogP contribution is 2.14. The fourth-order valence-electron chi connectivity index (χ4n) is 3.78. The van der Waals surface area contributed by atoms with E-state index in [2.05, 4.69) is 18.7 Å². The molecule has 33 heavy (non-hydrogen) atoms. The second-order valence-electron chi connectivity index (χ2n) is 9.30. The Labute approximate surface area is 203 Å². The van der Waals surface area contributed by atoms with Gasteiger partial charge >= 0.3 is 0 Å². The number of nitrogens with zero attached hydrogens (tertiary/aromatic N) is 2. The molecular formula is C25H41ClN2O5. The molecule has 0 aromatic heterocycles. The van der Waals surface area contributed by atoms with E-state index < -0.39 is 18.3 Å². The summed E-state index contributed by atoms with van der Waals surface area (Å²) < 4.78 is 11.6. The fraction of sp³-hybridized carbons (Fsp3) is 0.720. The number of aliphatic hydroxyl groups excluding tert-OH is 2. The number of halogens is 1. The highest BCUT2D eigenvalue weighted by Gasteiger charge is 2.30. The summed E-state index contributed by atoms with van der Waals surface area (Å²) in [5.41, 5.74) is 1.17. The number of ether oxygens (including phenoxy) is 2. The van der Waals surface area contributed by atoms with Crippen LogP contribution in [0.3, 0.4) is 0 Å². The summed E-state index contributed by atoms with van der Waals surface area (Å²) in [5, 5.41) is 21.9. The molecule has 8 heteroatoms. The topological polar surface area (TPSA) is 82.5 Å². The third kappa shape index (κ3) is 10.7. The van der Waals surface area contributed by atoms with Crippen LogP contribution >= 0.6 is 11.6 Å². The van der Waals surface area contributed by atoms with E-state index in [1.165, 1.54) is 12.5 Å². The number of rotatable bonds is 6. The van der Waals surface area contributed by atoms with E-state index in [9.17, 15) is 15.0 Å². The van der Waals surface area contributed by atoms with Crippen molar-refractivity contribution in [1.29, 1.82) is 0 Å². The van der Waals surface area contributed by atoms with Gasteiger partial charge in [-0.15, -0.1) is 0 Å². The molecule has 0 radical (unpaired) electrons. The van der Waals surface area contributed by atoms with Gasteiger partial charge in [-0.3, -0.25) is 9.69 Å². The number of hydrogen-bond donors (Lipinski definition) is 2. The molecule has 1 fully saturated rings. The number of benzene rings is 1. The van der Waals surface area contributed by atoms with E-state index in [1.807, 2.05) is 24.3 Å². The van der Waals surface area contributed by atoms with Gasteiger partial charge in [-0.25, -0.2) is 0 Å². The van der Waals surface area contributed by atoms with Gasteiger partial charge in [-0.2, -0.15) is 0 Å². The Morgan fingerprint density at radius 2 is 1.91 bits per heavy atom. The van der Waals surface area contributed by atoms with Crippen molar-refractivity contribution in [3.8, 4) is 0 Å². The minimum Gasteiger partial charge on any atom is -0.388 e. The Kier molecular flexibility index (Phi) is 12.7. The van der Waals surface area contributed by atoms with Crippen LogP contribution in [0, 0.1) is 5.92 Å². The number of amides is 1. The molecule has 2 N–H and O–H groups in total. The van der Waals surface area contributed by atoms with Crippen LogP contribution in [-0.4, -0.2) is 90.2 Å². The number of aliphatic hydroxyl groups is 2. The largest absolute Gasteiger partial charge is 0.388 e. The molecule has 1 saturated heterocycles. The second kappa shape index (κ2) is 14.9. The summed E-state index contributed by atoms with van der Waals surface area (Å²) in [6, 6.07) is 7.83. The van der Waals surface area contributed by atoms with Gasteiger partial charge in [0.1, 0.15) is 18.3 Å². The third-order valence-electron chi connectivity index (χ3n) is 5.96. The Hall–Kier alpha value is -1.22. The van der Waals surface area contributed by atoms with E-state index in [4.69, 9.17) is 21.1 Å². The van der Waals surface area contributed by atoms with Crippen LogP contribution in [0.4, 0.5) is 0 Å². The Morgan fingerprint density at radius 3 is 2.58 bits per heavy atom. The lowest BCUT2D eigenvalue weighted by atomic mass is 10.1. The predicted octanol–water partition coefficient (Wildman–Crippen LogP) is 2.95. The minimum absolute atomic E-state index is 0.0414. The quantitative estimate of drug-likeness (QED) is 0.646. The van der Waals surface area contributed by atoms with Crippen molar-refractivity contribution < 1.29 is 24.5 Å². The average molecular weight is 485 g/mol. The maximum atomic E-state index is 12.4. The first-order valence-electron chi connectivity index (χ1n) is 12.0. The zero-order chi connectivity index (χ0) is 24.2. The average Bonchev–Trinajstić information content (AvgIpc) is 2.77. The summed E-state index contributed by atoms with van der Waals surface area (Å²) in [6.45, 7) is 9.84. The normalized spacial score (nSPS) is 24.6. The van der Waals surface area contributed by atoms with E-state index in [1.54, 1.807) is 4.90 Å².